The number of ether oxygens (including phenoxy) is 1. The summed E-state index contributed by atoms with van der Waals surface area (Å²) in [7, 11) is 0. The first kappa shape index (κ1) is 15.3. The molecule has 2 aliphatic carbocycles. The maximum Gasteiger partial charge on any atom is 0.0808 e. The highest BCUT2D eigenvalue weighted by molar-refractivity contribution is 4.93. The molecule has 2 nitrogen and oxygen atoms in total. The molecule has 19 heavy (non-hydrogen) atoms. The zero-order chi connectivity index (χ0) is 13.9. The molecule has 0 aliphatic heterocycles. The van der Waals surface area contributed by atoms with Crippen molar-refractivity contribution in [1.29, 1.82) is 0 Å². The van der Waals surface area contributed by atoms with E-state index < -0.39 is 0 Å². The lowest BCUT2D eigenvalue weighted by Crippen LogP contribution is -2.49. The van der Waals surface area contributed by atoms with E-state index in [1.807, 2.05) is 0 Å². The van der Waals surface area contributed by atoms with E-state index in [-0.39, 0.29) is 5.60 Å². The molecule has 2 saturated carbocycles. The molecule has 112 valence electrons. The molecule has 2 N–H and O–H groups in total. The fraction of sp³-hybridized carbons (Fsp3) is 1.00. The third-order valence-corrected chi connectivity index (χ3v) is 5.65. The van der Waals surface area contributed by atoms with Crippen LogP contribution in [0.25, 0.3) is 0 Å². The van der Waals surface area contributed by atoms with Gasteiger partial charge in [0.25, 0.3) is 0 Å². The summed E-state index contributed by atoms with van der Waals surface area (Å²) in [5, 5.41) is 0. The number of rotatable bonds is 4. The second-order valence-corrected chi connectivity index (χ2v) is 7.66. The number of hydrogen-bond acceptors (Lipinski definition) is 2. The van der Waals surface area contributed by atoms with Crippen LogP contribution in [0.4, 0.5) is 0 Å². The van der Waals surface area contributed by atoms with Gasteiger partial charge in [0.1, 0.15) is 0 Å². The van der Waals surface area contributed by atoms with Crippen LogP contribution in [0.1, 0.15) is 78.6 Å². The second kappa shape index (κ2) is 6.13. The van der Waals surface area contributed by atoms with Crippen LogP contribution in [-0.2, 0) is 4.74 Å². The van der Waals surface area contributed by atoms with E-state index in [0.717, 1.165) is 18.8 Å². The van der Waals surface area contributed by atoms with Crippen molar-refractivity contribution >= 4 is 0 Å². The van der Waals surface area contributed by atoms with Crippen LogP contribution in [0.5, 0.6) is 0 Å². The fourth-order valence-corrected chi connectivity index (χ4v) is 3.87. The predicted molar refractivity (Wildman–Crippen MR) is 81.2 cm³/mol. The molecule has 2 rings (SSSR count). The first-order chi connectivity index (χ1) is 9.00. The summed E-state index contributed by atoms with van der Waals surface area (Å²) in [4.78, 5) is 0. The highest BCUT2D eigenvalue weighted by atomic mass is 16.5. The van der Waals surface area contributed by atoms with Crippen LogP contribution in [0.15, 0.2) is 0 Å². The Morgan fingerprint density at radius 1 is 1.05 bits per heavy atom. The molecule has 0 aromatic heterocycles. The molecule has 0 bridgehead atoms. The van der Waals surface area contributed by atoms with E-state index in [2.05, 4.69) is 20.8 Å². The first-order valence-electron chi connectivity index (χ1n) is 8.38. The molecular formula is C17H33NO. The molecule has 0 aromatic carbocycles. The molecule has 2 atom stereocenters. The summed E-state index contributed by atoms with van der Waals surface area (Å²) in [6, 6.07) is 0. The summed E-state index contributed by atoms with van der Waals surface area (Å²) >= 11 is 0. The highest BCUT2D eigenvalue weighted by Crippen LogP contribution is 2.44. The molecule has 0 saturated heterocycles. The Balaban J connectivity index is 1.98. The van der Waals surface area contributed by atoms with E-state index >= 15 is 0 Å². The lowest BCUT2D eigenvalue weighted by molar-refractivity contribution is -0.147. The van der Waals surface area contributed by atoms with Crippen molar-refractivity contribution in [2.24, 2.45) is 17.1 Å². The molecule has 0 heterocycles. The van der Waals surface area contributed by atoms with Gasteiger partial charge in [-0.1, -0.05) is 40.0 Å². The lowest BCUT2D eigenvalue weighted by Gasteiger charge is -2.46. The van der Waals surface area contributed by atoms with Crippen LogP contribution >= 0.6 is 0 Å². The van der Waals surface area contributed by atoms with Gasteiger partial charge in [-0.2, -0.15) is 0 Å². The van der Waals surface area contributed by atoms with Gasteiger partial charge in [-0.25, -0.2) is 0 Å². The predicted octanol–water partition coefficient (Wildman–Crippen LogP) is 4.27. The van der Waals surface area contributed by atoms with E-state index in [1.165, 1.54) is 44.9 Å². The number of hydrogen-bond donors (Lipinski definition) is 1. The molecule has 2 fully saturated rings. The first-order valence-corrected chi connectivity index (χ1v) is 8.38. The average Bonchev–Trinajstić information content (AvgIpc) is 2.42. The summed E-state index contributed by atoms with van der Waals surface area (Å²) in [5.74, 6) is 0.770. The van der Waals surface area contributed by atoms with Crippen molar-refractivity contribution in [2.45, 2.75) is 90.3 Å². The lowest BCUT2D eigenvalue weighted by atomic mass is 9.70. The Labute approximate surface area is 119 Å². The quantitative estimate of drug-likeness (QED) is 0.825. The minimum atomic E-state index is -0.00898. The van der Waals surface area contributed by atoms with Crippen molar-refractivity contribution in [3.05, 3.63) is 0 Å². The van der Waals surface area contributed by atoms with Crippen molar-refractivity contribution in [1.82, 2.24) is 0 Å². The van der Waals surface area contributed by atoms with Crippen molar-refractivity contribution < 1.29 is 4.74 Å². The third-order valence-electron chi connectivity index (χ3n) is 5.65. The summed E-state index contributed by atoms with van der Waals surface area (Å²) < 4.78 is 6.64. The maximum absolute atomic E-state index is 6.64. The SMILES string of the molecule is CCC1CCCCC1OC1(CN)CCC(C)(C)CC1. The second-order valence-electron chi connectivity index (χ2n) is 7.66. The van der Waals surface area contributed by atoms with Crippen molar-refractivity contribution in [3.8, 4) is 0 Å². The van der Waals surface area contributed by atoms with Gasteiger partial charge in [0.05, 0.1) is 11.7 Å². The standard InChI is InChI=1S/C17H33NO/c1-4-14-7-5-6-8-15(14)19-17(13-18)11-9-16(2,3)10-12-17/h14-15H,4-13,18H2,1-3H3. The van der Waals surface area contributed by atoms with Gasteiger partial charge in [0.2, 0.25) is 0 Å². The van der Waals surface area contributed by atoms with Gasteiger partial charge in [0.15, 0.2) is 0 Å². The van der Waals surface area contributed by atoms with Crippen LogP contribution in [0, 0.1) is 11.3 Å². The summed E-state index contributed by atoms with van der Waals surface area (Å²) in [6.45, 7) is 7.77. The van der Waals surface area contributed by atoms with Crippen LogP contribution in [0.3, 0.4) is 0 Å². The van der Waals surface area contributed by atoms with Crippen LogP contribution in [-0.4, -0.2) is 18.2 Å². The Morgan fingerprint density at radius 3 is 2.26 bits per heavy atom. The molecular weight excluding hydrogens is 234 g/mol. The van der Waals surface area contributed by atoms with Gasteiger partial charge in [-0.15, -0.1) is 0 Å². The minimum Gasteiger partial charge on any atom is -0.370 e. The average molecular weight is 267 g/mol. The topological polar surface area (TPSA) is 35.2 Å². The fourth-order valence-electron chi connectivity index (χ4n) is 3.87. The normalized spacial score (nSPS) is 34.1. The van der Waals surface area contributed by atoms with E-state index in [0.29, 0.717) is 18.1 Å². The molecule has 0 spiro atoms. The molecule has 2 unspecified atom stereocenters. The Hall–Kier alpha value is -0.0800. The van der Waals surface area contributed by atoms with E-state index in [1.54, 1.807) is 0 Å². The monoisotopic (exact) mass is 267 g/mol. The van der Waals surface area contributed by atoms with E-state index in [9.17, 15) is 0 Å². The molecule has 2 heteroatoms. The van der Waals surface area contributed by atoms with E-state index in [4.69, 9.17) is 10.5 Å². The highest BCUT2D eigenvalue weighted by Gasteiger charge is 2.41. The molecule has 2 aliphatic rings. The summed E-state index contributed by atoms with van der Waals surface area (Å²) in [5.41, 5.74) is 6.58. The zero-order valence-electron chi connectivity index (χ0n) is 13.2. The molecule has 0 radical (unpaired) electrons. The van der Waals surface area contributed by atoms with Crippen LogP contribution in [0.2, 0.25) is 0 Å². The number of nitrogens with two attached hydrogens (primary N) is 1. The molecule has 0 aromatic rings. The van der Waals surface area contributed by atoms with Crippen molar-refractivity contribution in [2.75, 3.05) is 6.54 Å². The van der Waals surface area contributed by atoms with Gasteiger partial charge in [-0.05, 0) is 49.9 Å². The Kier molecular flexibility index (Phi) is 4.94. The van der Waals surface area contributed by atoms with Gasteiger partial charge >= 0.3 is 0 Å². The maximum atomic E-state index is 6.64. The van der Waals surface area contributed by atoms with Gasteiger partial charge in [0, 0.05) is 6.54 Å². The van der Waals surface area contributed by atoms with Gasteiger partial charge < -0.3 is 10.5 Å². The Bertz CT molecular complexity index is 277. The summed E-state index contributed by atoms with van der Waals surface area (Å²) in [6.07, 6.45) is 11.9. The third kappa shape index (κ3) is 3.72. The smallest absolute Gasteiger partial charge is 0.0808 e. The van der Waals surface area contributed by atoms with Gasteiger partial charge in [-0.3, -0.25) is 0 Å². The zero-order valence-corrected chi connectivity index (χ0v) is 13.2. The van der Waals surface area contributed by atoms with Crippen molar-refractivity contribution in [3.63, 3.8) is 0 Å². The molecule has 0 amide bonds. The minimum absolute atomic E-state index is 0.00898. The Morgan fingerprint density at radius 2 is 1.68 bits per heavy atom. The largest absolute Gasteiger partial charge is 0.370 e. The van der Waals surface area contributed by atoms with Crippen LogP contribution < -0.4 is 5.73 Å².